The molecule has 0 aromatic heterocycles. The van der Waals surface area contributed by atoms with Crippen LogP contribution in [-0.4, -0.2) is 5.78 Å². The van der Waals surface area contributed by atoms with Gasteiger partial charge in [-0.1, -0.05) is 41.4 Å². The molecule has 2 aromatic rings. The summed E-state index contributed by atoms with van der Waals surface area (Å²) in [4.78, 5) is 12.4. The van der Waals surface area contributed by atoms with Gasteiger partial charge in [0, 0.05) is 23.0 Å². The number of aryl methyl sites for hydroxylation is 1. The first-order valence-electron chi connectivity index (χ1n) is 7.37. The quantitative estimate of drug-likeness (QED) is 0.855. The number of ketones is 1. The average Bonchev–Trinajstić information content (AvgIpc) is 2.78. The van der Waals surface area contributed by atoms with Gasteiger partial charge in [-0.05, 0) is 49.2 Å². The van der Waals surface area contributed by atoms with Crippen molar-refractivity contribution >= 4 is 23.1 Å². The lowest BCUT2D eigenvalue weighted by molar-refractivity contribution is -0.114. The predicted molar refractivity (Wildman–Crippen MR) is 91.3 cm³/mol. The van der Waals surface area contributed by atoms with E-state index in [2.05, 4.69) is 5.32 Å². The minimum Gasteiger partial charge on any atom is -0.353 e. The number of allylic oxidation sites excluding steroid dienone is 2. The van der Waals surface area contributed by atoms with Crippen LogP contribution >= 0.6 is 11.6 Å². The molecule has 1 atom stereocenters. The molecule has 0 radical (unpaired) electrons. The molecule has 0 saturated heterocycles. The van der Waals surface area contributed by atoms with Crippen molar-refractivity contribution in [2.45, 2.75) is 26.2 Å². The molecule has 112 valence electrons. The minimum atomic E-state index is 0.137. The van der Waals surface area contributed by atoms with Gasteiger partial charge in [0.05, 0.1) is 5.70 Å². The molecule has 0 amide bonds. The minimum absolute atomic E-state index is 0.137. The summed E-state index contributed by atoms with van der Waals surface area (Å²) in [6.45, 7) is 4.08. The Balaban J connectivity index is 1.87. The van der Waals surface area contributed by atoms with Gasteiger partial charge in [-0.25, -0.2) is 0 Å². The van der Waals surface area contributed by atoms with E-state index in [0.29, 0.717) is 11.4 Å². The molecule has 0 bridgehead atoms. The Morgan fingerprint density at radius 2 is 1.64 bits per heavy atom. The maximum absolute atomic E-state index is 12.4. The van der Waals surface area contributed by atoms with Gasteiger partial charge < -0.3 is 5.32 Å². The summed E-state index contributed by atoms with van der Waals surface area (Å²) in [6, 6.07) is 15.8. The topological polar surface area (TPSA) is 29.1 Å². The largest absolute Gasteiger partial charge is 0.353 e. The summed E-state index contributed by atoms with van der Waals surface area (Å²) in [5.74, 6) is 0.302. The molecule has 0 spiro atoms. The van der Waals surface area contributed by atoms with E-state index < -0.39 is 0 Å². The first-order chi connectivity index (χ1) is 10.5. The highest BCUT2D eigenvalue weighted by Gasteiger charge is 2.30. The van der Waals surface area contributed by atoms with Gasteiger partial charge >= 0.3 is 0 Å². The molecule has 1 aliphatic rings. The molecule has 3 heteroatoms. The zero-order chi connectivity index (χ0) is 15.7. The van der Waals surface area contributed by atoms with E-state index >= 15 is 0 Å². The number of rotatable bonds is 3. The highest BCUT2D eigenvalue weighted by Crippen LogP contribution is 2.37. The molecule has 1 N–H and O–H groups in total. The van der Waals surface area contributed by atoms with Crippen molar-refractivity contribution in [3.8, 4) is 0 Å². The molecule has 2 aromatic carbocycles. The molecule has 1 unspecified atom stereocenters. The van der Waals surface area contributed by atoms with Crippen molar-refractivity contribution in [2.75, 3.05) is 5.32 Å². The fourth-order valence-corrected chi connectivity index (χ4v) is 2.97. The SMILES string of the molecule is CC1=C(Nc2ccc(C)cc2)C(=O)CC1c1ccc(Cl)cc1. The molecule has 1 aliphatic carbocycles. The number of benzene rings is 2. The number of anilines is 1. The van der Waals surface area contributed by atoms with E-state index in [4.69, 9.17) is 11.6 Å². The smallest absolute Gasteiger partial charge is 0.179 e. The Morgan fingerprint density at radius 1 is 1.00 bits per heavy atom. The normalized spacial score (nSPS) is 18.0. The maximum atomic E-state index is 12.4. The number of Topliss-reactive ketones (excluding diaryl/α,β-unsaturated/α-hetero) is 1. The second-order valence-electron chi connectivity index (χ2n) is 5.78. The molecule has 22 heavy (non-hydrogen) atoms. The number of nitrogens with one attached hydrogen (secondary N) is 1. The number of carbonyl (C=O) groups is 1. The van der Waals surface area contributed by atoms with E-state index in [0.717, 1.165) is 22.5 Å². The van der Waals surface area contributed by atoms with Crippen LogP contribution in [0.2, 0.25) is 5.02 Å². The Bertz CT molecular complexity index is 729. The summed E-state index contributed by atoms with van der Waals surface area (Å²) >= 11 is 5.94. The Labute approximate surface area is 135 Å². The van der Waals surface area contributed by atoms with E-state index in [1.807, 2.05) is 62.4 Å². The molecule has 0 fully saturated rings. The lowest BCUT2D eigenvalue weighted by Gasteiger charge is -2.12. The fraction of sp³-hybridized carbons (Fsp3) is 0.211. The first kappa shape index (κ1) is 14.9. The fourth-order valence-electron chi connectivity index (χ4n) is 2.85. The van der Waals surface area contributed by atoms with Crippen molar-refractivity contribution in [1.82, 2.24) is 0 Å². The van der Waals surface area contributed by atoms with Gasteiger partial charge in [0.25, 0.3) is 0 Å². The van der Waals surface area contributed by atoms with E-state index in [9.17, 15) is 4.79 Å². The third kappa shape index (κ3) is 2.93. The Morgan fingerprint density at radius 3 is 2.27 bits per heavy atom. The summed E-state index contributed by atoms with van der Waals surface area (Å²) < 4.78 is 0. The summed E-state index contributed by atoms with van der Waals surface area (Å²) in [5.41, 5.74) is 5.10. The zero-order valence-electron chi connectivity index (χ0n) is 12.7. The maximum Gasteiger partial charge on any atom is 0.179 e. The summed E-state index contributed by atoms with van der Waals surface area (Å²) in [5, 5.41) is 4.00. The molecular weight excluding hydrogens is 294 g/mol. The average molecular weight is 312 g/mol. The van der Waals surface area contributed by atoms with Gasteiger partial charge in [-0.15, -0.1) is 0 Å². The van der Waals surface area contributed by atoms with Crippen LogP contribution in [-0.2, 0) is 4.79 Å². The lowest BCUT2D eigenvalue weighted by Crippen LogP contribution is -2.07. The second-order valence-corrected chi connectivity index (χ2v) is 6.22. The van der Waals surface area contributed by atoms with Gasteiger partial charge in [0.2, 0.25) is 0 Å². The highest BCUT2D eigenvalue weighted by molar-refractivity contribution is 6.30. The van der Waals surface area contributed by atoms with Crippen molar-refractivity contribution in [3.63, 3.8) is 0 Å². The standard InChI is InChI=1S/C19H18ClNO/c1-12-3-9-16(10-4-12)21-19-13(2)17(11-18(19)22)14-5-7-15(20)8-6-14/h3-10,17,21H,11H2,1-2H3. The highest BCUT2D eigenvalue weighted by atomic mass is 35.5. The van der Waals surface area contributed by atoms with Gasteiger partial charge in [0.1, 0.15) is 0 Å². The lowest BCUT2D eigenvalue weighted by atomic mass is 9.93. The van der Waals surface area contributed by atoms with Gasteiger partial charge in [-0.2, -0.15) is 0 Å². The number of hydrogen-bond donors (Lipinski definition) is 1. The molecular formula is C19H18ClNO. The van der Waals surface area contributed by atoms with E-state index in [1.54, 1.807) is 0 Å². The molecule has 3 rings (SSSR count). The number of carbonyl (C=O) groups excluding carboxylic acids is 1. The van der Waals surface area contributed by atoms with Crippen LogP contribution < -0.4 is 5.32 Å². The third-order valence-electron chi connectivity index (χ3n) is 4.18. The van der Waals surface area contributed by atoms with Gasteiger partial charge in [0.15, 0.2) is 5.78 Å². The van der Waals surface area contributed by atoms with Crippen molar-refractivity contribution in [1.29, 1.82) is 0 Å². The van der Waals surface area contributed by atoms with Crippen LogP contribution in [0.15, 0.2) is 59.8 Å². The summed E-state index contributed by atoms with van der Waals surface area (Å²) in [7, 11) is 0. The Hall–Kier alpha value is -2.06. The molecule has 0 aliphatic heterocycles. The number of halogens is 1. The van der Waals surface area contributed by atoms with Crippen LogP contribution in [0.1, 0.15) is 30.4 Å². The molecule has 2 nitrogen and oxygen atoms in total. The second kappa shape index (κ2) is 5.98. The van der Waals surface area contributed by atoms with Crippen LogP contribution in [0.25, 0.3) is 0 Å². The predicted octanol–water partition coefficient (Wildman–Crippen LogP) is 5.09. The molecule has 0 heterocycles. The summed E-state index contributed by atoms with van der Waals surface area (Å²) in [6.07, 6.45) is 0.516. The van der Waals surface area contributed by atoms with Crippen molar-refractivity contribution in [3.05, 3.63) is 76.0 Å². The monoisotopic (exact) mass is 311 g/mol. The van der Waals surface area contributed by atoms with E-state index in [-0.39, 0.29) is 11.7 Å². The van der Waals surface area contributed by atoms with Crippen LogP contribution in [0.5, 0.6) is 0 Å². The number of hydrogen-bond acceptors (Lipinski definition) is 2. The van der Waals surface area contributed by atoms with Gasteiger partial charge in [-0.3, -0.25) is 4.79 Å². The van der Waals surface area contributed by atoms with Crippen LogP contribution in [0, 0.1) is 6.92 Å². The van der Waals surface area contributed by atoms with E-state index in [1.165, 1.54) is 5.56 Å². The zero-order valence-corrected chi connectivity index (χ0v) is 13.4. The third-order valence-corrected chi connectivity index (χ3v) is 4.43. The van der Waals surface area contributed by atoms with Crippen LogP contribution in [0.3, 0.4) is 0 Å². The molecule has 0 saturated carbocycles. The Kier molecular flexibility index (Phi) is 4.04. The van der Waals surface area contributed by atoms with Crippen molar-refractivity contribution in [2.24, 2.45) is 0 Å². The first-order valence-corrected chi connectivity index (χ1v) is 7.75. The van der Waals surface area contributed by atoms with Crippen molar-refractivity contribution < 1.29 is 4.79 Å². The van der Waals surface area contributed by atoms with Crippen LogP contribution in [0.4, 0.5) is 5.69 Å².